The van der Waals surface area contributed by atoms with Crippen molar-refractivity contribution in [1.82, 2.24) is 4.98 Å². The summed E-state index contributed by atoms with van der Waals surface area (Å²) < 4.78 is 0. The van der Waals surface area contributed by atoms with Crippen molar-refractivity contribution in [3.63, 3.8) is 0 Å². The fourth-order valence-electron chi connectivity index (χ4n) is 2.92. The van der Waals surface area contributed by atoms with Crippen LogP contribution in [-0.4, -0.2) is 25.1 Å². The van der Waals surface area contributed by atoms with Crippen molar-refractivity contribution >= 4 is 22.3 Å². The summed E-state index contributed by atoms with van der Waals surface area (Å²) in [5.74, 6) is 0. The van der Waals surface area contributed by atoms with Gasteiger partial charge in [-0.3, -0.25) is 4.98 Å². The summed E-state index contributed by atoms with van der Waals surface area (Å²) in [5, 5.41) is 4.60. The van der Waals surface area contributed by atoms with Gasteiger partial charge in [-0.15, -0.1) is 0 Å². The molecule has 1 aromatic heterocycles. The van der Waals surface area contributed by atoms with Crippen LogP contribution in [0.4, 0.5) is 11.4 Å². The number of nitrogens with one attached hydrogen (secondary N) is 1. The van der Waals surface area contributed by atoms with Crippen LogP contribution in [-0.2, 0) is 6.42 Å². The number of anilines is 2. The molecule has 0 unspecified atom stereocenters. The van der Waals surface area contributed by atoms with Gasteiger partial charge in [-0.05, 0) is 51.0 Å². The third-order valence-corrected chi connectivity index (χ3v) is 4.01. The van der Waals surface area contributed by atoms with E-state index < -0.39 is 0 Å². The SMILES string of the molecule is CCc1c(C)nc2ccc(N(CC)CC)cc2c1NC. The molecule has 0 amide bonds. The van der Waals surface area contributed by atoms with E-state index in [1.54, 1.807) is 0 Å². The van der Waals surface area contributed by atoms with E-state index in [2.05, 4.69) is 56.1 Å². The van der Waals surface area contributed by atoms with Gasteiger partial charge in [0.25, 0.3) is 0 Å². The summed E-state index contributed by atoms with van der Waals surface area (Å²) in [5.41, 5.74) is 6.01. The maximum absolute atomic E-state index is 4.75. The first kappa shape index (κ1) is 14.6. The van der Waals surface area contributed by atoms with E-state index in [1.165, 1.54) is 22.3 Å². The molecule has 0 fully saturated rings. The zero-order valence-electron chi connectivity index (χ0n) is 13.2. The summed E-state index contributed by atoms with van der Waals surface area (Å²) in [4.78, 5) is 7.11. The predicted molar refractivity (Wildman–Crippen MR) is 89.0 cm³/mol. The summed E-state index contributed by atoms with van der Waals surface area (Å²) in [6.07, 6.45) is 1.00. The van der Waals surface area contributed by atoms with Crippen LogP contribution >= 0.6 is 0 Å². The lowest BCUT2D eigenvalue weighted by atomic mass is 10.0. The monoisotopic (exact) mass is 271 g/mol. The zero-order chi connectivity index (χ0) is 14.7. The molecule has 2 aromatic rings. The minimum atomic E-state index is 1.00. The normalized spacial score (nSPS) is 10.8. The van der Waals surface area contributed by atoms with Crippen molar-refractivity contribution in [2.24, 2.45) is 0 Å². The number of nitrogens with zero attached hydrogens (tertiary/aromatic N) is 2. The van der Waals surface area contributed by atoms with Crippen molar-refractivity contribution in [3.05, 3.63) is 29.5 Å². The van der Waals surface area contributed by atoms with Gasteiger partial charge in [-0.25, -0.2) is 0 Å². The molecule has 0 aliphatic carbocycles. The Balaban J connectivity index is 2.69. The highest BCUT2D eigenvalue weighted by atomic mass is 15.1. The van der Waals surface area contributed by atoms with E-state index in [0.717, 1.165) is 30.7 Å². The van der Waals surface area contributed by atoms with Crippen molar-refractivity contribution in [3.8, 4) is 0 Å². The quantitative estimate of drug-likeness (QED) is 0.891. The van der Waals surface area contributed by atoms with Crippen LogP contribution in [0.1, 0.15) is 32.0 Å². The molecule has 0 aliphatic heterocycles. The Kier molecular flexibility index (Phi) is 4.48. The number of fused-ring (bicyclic) bond motifs is 1. The standard InChI is InChI=1S/C17H25N3/c1-6-14-12(4)19-16-10-9-13(20(7-2)8-3)11-15(16)17(14)18-5/h9-11H,6-8H2,1-5H3,(H,18,19). The molecule has 3 heteroatoms. The second-order valence-corrected chi connectivity index (χ2v) is 5.03. The molecule has 0 atom stereocenters. The Bertz CT molecular complexity index is 601. The van der Waals surface area contributed by atoms with Crippen LogP contribution in [0.25, 0.3) is 10.9 Å². The fraction of sp³-hybridized carbons (Fsp3) is 0.471. The van der Waals surface area contributed by atoms with Gasteiger partial charge in [0.05, 0.1) is 5.52 Å². The topological polar surface area (TPSA) is 28.2 Å². The lowest BCUT2D eigenvalue weighted by molar-refractivity contribution is 0.867. The Labute approximate surface area is 122 Å². The molecule has 0 aliphatic rings. The minimum absolute atomic E-state index is 1.00. The average molecular weight is 271 g/mol. The smallest absolute Gasteiger partial charge is 0.0727 e. The van der Waals surface area contributed by atoms with Crippen LogP contribution in [0.2, 0.25) is 0 Å². The van der Waals surface area contributed by atoms with E-state index in [4.69, 9.17) is 4.98 Å². The molecule has 1 aromatic carbocycles. The molecular weight excluding hydrogens is 246 g/mol. The minimum Gasteiger partial charge on any atom is -0.387 e. The molecule has 2 rings (SSSR count). The van der Waals surface area contributed by atoms with Crippen LogP contribution < -0.4 is 10.2 Å². The van der Waals surface area contributed by atoms with Gasteiger partial charge in [0.2, 0.25) is 0 Å². The molecule has 0 bridgehead atoms. The zero-order valence-corrected chi connectivity index (χ0v) is 13.2. The van der Waals surface area contributed by atoms with Gasteiger partial charge in [0, 0.05) is 42.6 Å². The molecule has 0 saturated heterocycles. The van der Waals surface area contributed by atoms with Crippen LogP contribution in [0.15, 0.2) is 18.2 Å². The Hall–Kier alpha value is -1.77. The lowest BCUT2D eigenvalue weighted by Crippen LogP contribution is -2.21. The largest absolute Gasteiger partial charge is 0.387 e. The fourth-order valence-corrected chi connectivity index (χ4v) is 2.92. The van der Waals surface area contributed by atoms with Crippen molar-refractivity contribution in [2.75, 3.05) is 30.4 Å². The van der Waals surface area contributed by atoms with Gasteiger partial charge in [-0.1, -0.05) is 6.92 Å². The second-order valence-electron chi connectivity index (χ2n) is 5.03. The maximum atomic E-state index is 4.75. The highest BCUT2D eigenvalue weighted by Gasteiger charge is 2.12. The first-order chi connectivity index (χ1) is 9.65. The van der Waals surface area contributed by atoms with Crippen LogP contribution in [0, 0.1) is 6.92 Å². The molecule has 1 N–H and O–H groups in total. The first-order valence-corrected chi connectivity index (χ1v) is 7.52. The lowest BCUT2D eigenvalue weighted by Gasteiger charge is -2.22. The number of benzene rings is 1. The van der Waals surface area contributed by atoms with E-state index in [1.807, 2.05) is 7.05 Å². The number of hydrogen-bond donors (Lipinski definition) is 1. The number of hydrogen-bond acceptors (Lipinski definition) is 3. The van der Waals surface area contributed by atoms with Crippen molar-refractivity contribution in [2.45, 2.75) is 34.1 Å². The van der Waals surface area contributed by atoms with E-state index >= 15 is 0 Å². The first-order valence-electron chi connectivity index (χ1n) is 7.52. The Morgan fingerprint density at radius 3 is 2.40 bits per heavy atom. The molecule has 1 heterocycles. The summed E-state index contributed by atoms with van der Waals surface area (Å²) in [7, 11) is 2.00. The third kappa shape index (κ3) is 2.45. The Morgan fingerprint density at radius 1 is 1.15 bits per heavy atom. The van der Waals surface area contributed by atoms with Crippen LogP contribution in [0.5, 0.6) is 0 Å². The maximum Gasteiger partial charge on any atom is 0.0727 e. The highest BCUT2D eigenvalue weighted by Crippen LogP contribution is 2.31. The molecule has 20 heavy (non-hydrogen) atoms. The van der Waals surface area contributed by atoms with Gasteiger partial charge in [0.15, 0.2) is 0 Å². The van der Waals surface area contributed by atoms with E-state index in [-0.39, 0.29) is 0 Å². The number of aryl methyl sites for hydroxylation is 1. The summed E-state index contributed by atoms with van der Waals surface area (Å²) in [6.45, 7) is 10.7. The molecular formula is C17H25N3. The van der Waals surface area contributed by atoms with Gasteiger partial charge in [-0.2, -0.15) is 0 Å². The molecule has 0 spiro atoms. The summed E-state index contributed by atoms with van der Waals surface area (Å²) >= 11 is 0. The predicted octanol–water partition coefficient (Wildman–Crippen LogP) is 3.99. The second kappa shape index (κ2) is 6.12. The van der Waals surface area contributed by atoms with E-state index in [0.29, 0.717) is 0 Å². The number of pyridine rings is 1. The molecule has 3 nitrogen and oxygen atoms in total. The molecule has 108 valence electrons. The molecule has 0 saturated carbocycles. The van der Waals surface area contributed by atoms with Crippen molar-refractivity contribution in [1.29, 1.82) is 0 Å². The number of aromatic nitrogens is 1. The summed E-state index contributed by atoms with van der Waals surface area (Å²) in [6, 6.07) is 6.57. The van der Waals surface area contributed by atoms with E-state index in [9.17, 15) is 0 Å². The van der Waals surface area contributed by atoms with Crippen LogP contribution in [0.3, 0.4) is 0 Å². The van der Waals surface area contributed by atoms with Gasteiger partial charge < -0.3 is 10.2 Å². The van der Waals surface area contributed by atoms with Gasteiger partial charge in [0.1, 0.15) is 0 Å². The third-order valence-electron chi connectivity index (χ3n) is 4.01. The van der Waals surface area contributed by atoms with Crippen molar-refractivity contribution < 1.29 is 0 Å². The highest BCUT2D eigenvalue weighted by molar-refractivity contribution is 5.95. The average Bonchev–Trinajstić information content (AvgIpc) is 2.47. The molecule has 0 radical (unpaired) electrons. The van der Waals surface area contributed by atoms with Gasteiger partial charge >= 0.3 is 0 Å². The Morgan fingerprint density at radius 2 is 1.85 bits per heavy atom. The number of rotatable bonds is 5.